The lowest BCUT2D eigenvalue weighted by Crippen LogP contribution is -2.40. The van der Waals surface area contributed by atoms with Crippen LogP contribution in [-0.2, 0) is 11.3 Å². The molecule has 1 unspecified atom stereocenters. The Morgan fingerprint density at radius 3 is 2.70 bits per heavy atom. The fourth-order valence-corrected chi connectivity index (χ4v) is 2.61. The number of hydrogen-bond donors (Lipinski definition) is 1. The van der Waals surface area contributed by atoms with Crippen molar-refractivity contribution >= 4 is 17.5 Å². The van der Waals surface area contributed by atoms with Crippen LogP contribution in [0.5, 0.6) is 0 Å². The maximum atomic E-state index is 12.4. The Labute approximate surface area is 126 Å². The molecule has 1 fully saturated rings. The molecule has 0 aliphatic heterocycles. The highest BCUT2D eigenvalue weighted by Crippen LogP contribution is 2.33. The summed E-state index contributed by atoms with van der Waals surface area (Å²) in [5, 5.41) is 0.702. The molecule has 0 heterocycles. The molecular weight excluding hydrogens is 272 g/mol. The highest BCUT2D eigenvalue weighted by molar-refractivity contribution is 6.30. The van der Waals surface area contributed by atoms with Crippen molar-refractivity contribution in [2.75, 3.05) is 0 Å². The summed E-state index contributed by atoms with van der Waals surface area (Å²) in [6.45, 7) is 4.66. The third kappa shape index (κ3) is 4.22. The van der Waals surface area contributed by atoms with Gasteiger partial charge in [-0.25, -0.2) is 0 Å². The molecule has 2 N–H and O–H groups in total. The van der Waals surface area contributed by atoms with Crippen LogP contribution < -0.4 is 5.73 Å². The lowest BCUT2D eigenvalue weighted by molar-refractivity contribution is -0.134. The summed E-state index contributed by atoms with van der Waals surface area (Å²) in [6, 6.07) is 7.84. The molecule has 1 aromatic rings. The predicted octanol–water partition coefficient (Wildman–Crippen LogP) is 3.20. The van der Waals surface area contributed by atoms with Gasteiger partial charge in [-0.1, -0.05) is 23.7 Å². The van der Waals surface area contributed by atoms with Crippen LogP contribution in [0.15, 0.2) is 24.3 Å². The number of amides is 1. The summed E-state index contributed by atoms with van der Waals surface area (Å²) in [7, 11) is 0. The minimum absolute atomic E-state index is 0.0168. The van der Waals surface area contributed by atoms with E-state index in [0.717, 1.165) is 5.56 Å². The molecule has 1 saturated carbocycles. The molecule has 2 rings (SSSR count). The molecule has 0 saturated heterocycles. The Morgan fingerprint density at radius 2 is 2.15 bits per heavy atom. The first kappa shape index (κ1) is 15.3. The molecule has 1 amide bonds. The largest absolute Gasteiger partial charge is 0.336 e. The van der Waals surface area contributed by atoms with E-state index in [4.69, 9.17) is 17.3 Å². The molecule has 3 nitrogen and oxygen atoms in total. The zero-order valence-corrected chi connectivity index (χ0v) is 12.9. The summed E-state index contributed by atoms with van der Waals surface area (Å²) in [6.07, 6.45) is 2.79. The van der Waals surface area contributed by atoms with Gasteiger partial charge in [0.1, 0.15) is 0 Å². The van der Waals surface area contributed by atoms with E-state index in [2.05, 4.69) is 0 Å². The van der Waals surface area contributed by atoms with Crippen LogP contribution in [0.1, 0.15) is 38.7 Å². The second-order valence-corrected chi connectivity index (χ2v) is 6.39. The molecule has 0 aromatic heterocycles. The quantitative estimate of drug-likeness (QED) is 0.876. The van der Waals surface area contributed by atoms with Crippen LogP contribution in [0.4, 0.5) is 0 Å². The average molecular weight is 295 g/mol. The van der Waals surface area contributed by atoms with Gasteiger partial charge in [-0.15, -0.1) is 0 Å². The van der Waals surface area contributed by atoms with E-state index in [1.54, 1.807) is 0 Å². The molecule has 1 atom stereocenters. The van der Waals surface area contributed by atoms with Gasteiger partial charge in [0.05, 0.1) is 0 Å². The fourth-order valence-electron chi connectivity index (χ4n) is 2.40. The first-order chi connectivity index (χ1) is 9.47. The number of rotatable bonds is 6. The minimum atomic E-state index is 0.0168. The van der Waals surface area contributed by atoms with E-state index in [1.807, 2.05) is 43.0 Å². The lowest BCUT2D eigenvalue weighted by atomic mass is 10.1. The van der Waals surface area contributed by atoms with Crippen LogP contribution in [0.25, 0.3) is 0 Å². The summed E-state index contributed by atoms with van der Waals surface area (Å²) < 4.78 is 0. The molecule has 0 bridgehead atoms. The summed E-state index contributed by atoms with van der Waals surface area (Å²) in [5.74, 6) is 0.693. The molecule has 4 heteroatoms. The van der Waals surface area contributed by atoms with E-state index >= 15 is 0 Å². The number of carbonyl (C=O) groups excluding carboxylic acids is 1. The zero-order valence-electron chi connectivity index (χ0n) is 12.2. The number of benzene rings is 1. The van der Waals surface area contributed by atoms with Gasteiger partial charge in [0.2, 0.25) is 5.91 Å². The van der Waals surface area contributed by atoms with Crippen molar-refractivity contribution in [2.45, 2.75) is 51.7 Å². The van der Waals surface area contributed by atoms with Crippen molar-refractivity contribution in [2.24, 2.45) is 11.7 Å². The maximum absolute atomic E-state index is 12.4. The van der Waals surface area contributed by atoms with Gasteiger partial charge >= 0.3 is 0 Å². The van der Waals surface area contributed by atoms with Crippen LogP contribution in [-0.4, -0.2) is 22.9 Å². The SMILES string of the molecule is CC(C)N(Cc1cccc(Cl)c1)C(=O)CC(N)C1CC1. The highest BCUT2D eigenvalue weighted by Gasteiger charge is 2.31. The number of carbonyl (C=O) groups is 1. The molecule has 0 radical (unpaired) electrons. The minimum Gasteiger partial charge on any atom is -0.336 e. The topological polar surface area (TPSA) is 46.3 Å². The van der Waals surface area contributed by atoms with E-state index in [0.29, 0.717) is 23.9 Å². The maximum Gasteiger partial charge on any atom is 0.224 e. The Kier molecular flexibility index (Phi) is 5.06. The lowest BCUT2D eigenvalue weighted by Gasteiger charge is -2.28. The van der Waals surface area contributed by atoms with E-state index in [1.165, 1.54) is 12.8 Å². The molecule has 1 aliphatic carbocycles. The van der Waals surface area contributed by atoms with Gasteiger partial charge < -0.3 is 10.6 Å². The van der Waals surface area contributed by atoms with Crippen molar-refractivity contribution < 1.29 is 4.79 Å². The molecule has 1 aliphatic rings. The zero-order chi connectivity index (χ0) is 14.7. The van der Waals surface area contributed by atoms with Crippen molar-refractivity contribution in [3.05, 3.63) is 34.9 Å². The molecule has 1 aromatic carbocycles. The third-order valence-electron chi connectivity index (χ3n) is 3.82. The Bertz CT molecular complexity index is 471. The Balaban J connectivity index is 2.00. The van der Waals surface area contributed by atoms with Gasteiger partial charge in [-0.2, -0.15) is 0 Å². The number of nitrogens with zero attached hydrogens (tertiary/aromatic N) is 1. The number of hydrogen-bond acceptors (Lipinski definition) is 2. The summed E-state index contributed by atoms with van der Waals surface area (Å²) in [4.78, 5) is 14.3. The van der Waals surface area contributed by atoms with E-state index in [9.17, 15) is 4.79 Å². The second-order valence-electron chi connectivity index (χ2n) is 5.95. The fraction of sp³-hybridized carbons (Fsp3) is 0.562. The molecule has 20 heavy (non-hydrogen) atoms. The van der Waals surface area contributed by atoms with Gasteiger partial charge in [0, 0.05) is 30.1 Å². The van der Waals surface area contributed by atoms with E-state index in [-0.39, 0.29) is 18.0 Å². The standard InChI is InChI=1S/C16H23ClN2O/c1-11(2)19(10-12-4-3-5-14(17)8-12)16(20)9-15(18)13-6-7-13/h3-5,8,11,13,15H,6-7,9-10,18H2,1-2H3. The monoisotopic (exact) mass is 294 g/mol. The van der Waals surface area contributed by atoms with Crippen molar-refractivity contribution in [3.8, 4) is 0 Å². The highest BCUT2D eigenvalue weighted by atomic mass is 35.5. The van der Waals surface area contributed by atoms with Crippen LogP contribution >= 0.6 is 11.6 Å². The molecular formula is C16H23ClN2O. The average Bonchev–Trinajstić information content (AvgIpc) is 3.19. The van der Waals surface area contributed by atoms with Gasteiger partial charge in [-0.05, 0) is 50.3 Å². The summed E-state index contributed by atoms with van der Waals surface area (Å²) >= 11 is 6.00. The van der Waals surface area contributed by atoms with Crippen LogP contribution in [0, 0.1) is 5.92 Å². The first-order valence-electron chi connectivity index (χ1n) is 7.27. The number of nitrogens with two attached hydrogens (primary N) is 1. The van der Waals surface area contributed by atoms with Gasteiger partial charge in [0.25, 0.3) is 0 Å². The number of halogens is 1. The second kappa shape index (κ2) is 6.59. The van der Waals surface area contributed by atoms with Crippen LogP contribution in [0.3, 0.4) is 0 Å². The third-order valence-corrected chi connectivity index (χ3v) is 4.06. The van der Waals surface area contributed by atoms with Crippen LogP contribution in [0.2, 0.25) is 5.02 Å². The van der Waals surface area contributed by atoms with Crippen molar-refractivity contribution in [1.29, 1.82) is 0 Å². The molecule has 110 valence electrons. The summed E-state index contributed by atoms with van der Waals surface area (Å²) in [5.41, 5.74) is 7.12. The van der Waals surface area contributed by atoms with E-state index < -0.39 is 0 Å². The Hall–Kier alpha value is -1.06. The Morgan fingerprint density at radius 1 is 1.45 bits per heavy atom. The van der Waals surface area contributed by atoms with Crippen molar-refractivity contribution in [3.63, 3.8) is 0 Å². The normalized spacial score (nSPS) is 16.2. The van der Waals surface area contributed by atoms with Crippen molar-refractivity contribution in [1.82, 2.24) is 4.90 Å². The smallest absolute Gasteiger partial charge is 0.224 e. The molecule has 0 spiro atoms. The van der Waals surface area contributed by atoms with Gasteiger partial charge in [-0.3, -0.25) is 4.79 Å². The first-order valence-corrected chi connectivity index (χ1v) is 7.64. The predicted molar refractivity (Wildman–Crippen MR) is 82.5 cm³/mol. The van der Waals surface area contributed by atoms with Gasteiger partial charge in [0.15, 0.2) is 0 Å².